The Morgan fingerprint density at radius 1 is 1.50 bits per heavy atom. The summed E-state index contributed by atoms with van der Waals surface area (Å²) in [6, 6.07) is -0.00120. The SMILES string of the molecule is NNC(c1cncnc1)C1CCCO1. The number of hydrogen-bond donors (Lipinski definition) is 2. The summed E-state index contributed by atoms with van der Waals surface area (Å²) in [4.78, 5) is 7.93. The molecule has 1 saturated heterocycles. The molecule has 0 saturated carbocycles. The van der Waals surface area contributed by atoms with Crippen molar-refractivity contribution in [2.24, 2.45) is 5.84 Å². The molecule has 0 aliphatic carbocycles. The lowest BCUT2D eigenvalue weighted by Gasteiger charge is -2.21. The highest BCUT2D eigenvalue weighted by atomic mass is 16.5. The minimum atomic E-state index is -0.00120. The van der Waals surface area contributed by atoms with E-state index in [1.54, 1.807) is 12.4 Å². The van der Waals surface area contributed by atoms with Gasteiger partial charge >= 0.3 is 0 Å². The number of nitrogens with zero attached hydrogens (tertiary/aromatic N) is 2. The molecule has 1 aromatic rings. The number of nitrogens with two attached hydrogens (primary N) is 1. The van der Waals surface area contributed by atoms with Gasteiger partial charge in [-0.3, -0.25) is 11.3 Å². The van der Waals surface area contributed by atoms with Gasteiger partial charge in [-0.15, -0.1) is 0 Å². The highest BCUT2D eigenvalue weighted by molar-refractivity contribution is 5.11. The summed E-state index contributed by atoms with van der Waals surface area (Å²) in [6.45, 7) is 0.816. The molecule has 5 heteroatoms. The van der Waals surface area contributed by atoms with Crippen LogP contribution in [-0.2, 0) is 4.74 Å². The van der Waals surface area contributed by atoms with Gasteiger partial charge in [0.15, 0.2) is 0 Å². The maximum absolute atomic E-state index is 5.56. The monoisotopic (exact) mass is 194 g/mol. The molecular weight excluding hydrogens is 180 g/mol. The summed E-state index contributed by atoms with van der Waals surface area (Å²) >= 11 is 0. The quantitative estimate of drug-likeness (QED) is 0.529. The van der Waals surface area contributed by atoms with Crippen LogP contribution in [0.1, 0.15) is 24.4 Å². The zero-order valence-corrected chi connectivity index (χ0v) is 7.89. The van der Waals surface area contributed by atoms with Crippen molar-refractivity contribution in [3.8, 4) is 0 Å². The zero-order chi connectivity index (χ0) is 9.80. The summed E-state index contributed by atoms with van der Waals surface area (Å²) in [7, 11) is 0. The van der Waals surface area contributed by atoms with Crippen LogP contribution in [0.2, 0.25) is 0 Å². The second-order valence-corrected chi connectivity index (χ2v) is 3.37. The third-order valence-corrected chi connectivity index (χ3v) is 2.46. The molecule has 1 fully saturated rings. The molecule has 1 aliphatic rings. The standard InChI is InChI=1S/C9H14N4O/c10-13-9(8-2-1-3-14-8)7-4-11-6-12-5-7/h4-6,8-9,13H,1-3,10H2. The second-order valence-electron chi connectivity index (χ2n) is 3.37. The van der Waals surface area contributed by atoms with E-state index in [0.29, 0.717) is 0 Å². The zero-order valence-electron chi connectivity index (χ0n) is 7.89. The third kappa shape index (κ3) is 1.89. The Kier molecular flexibility index (Phi) is 3.03. The molecule has 3 N–H and O–H groups in total. The van der Waals surface area contributed by atoms with E-state index in [4.69, 9.17) is 10.6 Å². The molecule has 1 aliphatic heterocycles. The molecule has 2 rings (SSSR count). The van der Waals surface area contributed by atoms with Crippen LogP contribution in [0.4, 0.5) is 0 Å². The summed E-state index contributed by atoms with van der Waals surface area (Å²) < 4.78 is 5.56. The third-order valence-electron chi connectivity index (χ3n) is 2.46. The first-order chi connectivity index (χ1) is 6.92. The fourth-order valence-electron chi connectivity index (χ4n) is 1.75. The smallest absolute Gasteiger partial charge is 0.115 e. The molecule has 1 aromatic heterocycles. The normalized spacial score (nSPS) is 23.6. The molecule has 0 aromatic carbocycles. The molecule has 2 heterocycles. The lowest BCUT2D eigenvalue weighted by molar-refractivity contribution is 0.0781. The van der Waals surface area contributed by atoms with Crippen LogP contribution in [0.5, 0.6) is 0 Å². The topological polar surface area (TPSA) is 73.1 Å². The summed E-state index contributed by atoms with van der Waals surface area (Å²) in [6.07, 6.45) is 7.30. The molecule has 76 valence electrons. The van der Waals surface area contributed by atoms with Crippen LogP contribution in [0.15, 0.2) is 18.7 Å². The average Bonchev–Trinajstić information content (AvgIpc) is 2.74. The Balaban J connectivity index is 2.12. The number of nitrogens with one attached hydrogen (secondary N) is 1. The fraction of sp³-hybridized carbons (Fsp3) is 0.556. The van der Waals surface area contributed by atoms with Crippen molar-refractivity contribution in [2.75, 3.05) is 6.61 Å². The lowest BCUT2D eigenvalue weighted by Crippen LogP contribution is -2.36. The molecular formula is C9H14N4O. The van der Waals surface area contributed by atoms with Gasteiger partial charge in [0.25, 0.3) is 0 Å². The minimum Gasteiger partial charge on any atom is -0.376 e. The maximum atomic E-state index is 5.56. The van der Waals surface area contributed by atoms with Crippen LogP contribution in [-0.4, -0.2) is 22.7 Å². The number of hydrogen-bond acceptors (Lipinski definition) is 5. The summed E-state index contributed by atoms with van der Waals surface area (Å²) in [5.74, 6) is 5.50. The van der Waals surface area contributed by atoms with E-state index in [9.17, 15) is 0 Å². The Labute approximate surface area is 82.7 Å². The van der Waals surface area contributed by atoms with Gasteiger partial charge in [0.1, 0.15) is 6.33 Å². The minimum absolute atomic E-state index is 0.00120. The number of aromatic nitrogens is 2. The van der Waals surface area contributed by atoms with Crippen molar-refractivity contribution < 1.29 is 4.74 Å². The van der Waals surface area contributed by atoms with E-state index in [0.717, 1.165) is 25.0 Å². The van der Waals surface area contributed by atoms with Crippen LogP contribution >= 0.6 is 0 Å². The summed E-state index contributed by atoms with van der Waals surface area (Å²) in [5, 5.41) is 0. The largest absolute Gasteiger partial charge is 0.376 e. The van der Waals surface area contributed by atoms with Crippen molar-refractivity contribution in [1.82, 2.24) is 15.4 Å². The highest BCUT2D eigenvalue weighted by Crippen LogP contribution is 2.25. The molecule has 0 spiro atoms. The van der Waals surface area contributed by atoms with E-state index in [2.05, 4.69) is 15.4 Å². The van der Waals surface area contributed by atoms with Gasteiger partial charge in [-0.1, -0.05) is 0 Å². The second kappa shape index (κ2) is 4.45. The number of ether oxygens (including phenoxy) is 1. The Morgan fingerprint density at radius 2 is 2.29 bits per heavy atom. The van der Waals surface area contributed by atoms with E-state index in [1.165, 1.54) is 6.33 Å². The van der Waals surface area contributed by atoms with E-state index < -0.39 is 0 Å². The predicted molar refractivity (Wildman–Crippen MR) is 51.1 cm³/mol. The molecule has 0 amide bonds. The van der Waals surface area contributed by atoms with E-state index >= 15 is 0 Å². The van der Waals surface area contributed by atoms with Gasteiger partial charge in [0, 0.05) is 24.6 Å². The lowest BCUT2D eigenvalue weighted by atomic mass is 10.0. The van der Waals surface area contributed by atoms with Crippen molar-refractivity contribution in [2.45, 2.75) is 25.0 Å². The number of hydrazine groups is 1. The number of rotatable bonds is 3. The van der Waals surface area contributed by atoms with Crippen LogP contribution in [0, 0.1) is 0 Å². The first-order valence-electron chi connectivity index (χ1n) is 4.74. The molecule has 0 bridgehead atoms. The van der Waals surface area contributed by atoms with Gasteiger partial charge in [-0.2, -0.15) is 0 Å². The Hall–Kier alpha value is -1.04. The fourth-order valence-corrected chi connectivity index (χ4v) is 1.75. The van der Waals surface area contributed by atoms with Crippen molar-refractivity contribution in [1.29, 1.82) is 0 Å². The Bertz CT molecular complexity index is 273. The predicted octanol–water partition coefficient (Wildman–Crippen LogP) is 0.160. The Morgan fingerprint density at radius 3 is 2.86 bits per heavy atom. The molecule has 2 atom stereocenters. The van der Waals surface area contributed by atoms with E-state index in [-0.39, 0.29) is 12.1 Å². The molecule has 0 radical (unpaired) electrons. The molecule has 5 nitrogen and oxygen atoms in total. The van der Waals surface area contributed by atoms with Crippen molar-refractivity contribution >= 4 is 0 Å². The maximum Gasteiger partial charge on any atom is 0.115 e. The van der Waals surface area contributed by atoms with Crippen LogP contribution < -0.4 is 11.3 Å². The first kappa shape index (κ1) is 9.51. The van der Waals surface area contributed by atoms with Gasteiger partial charge in [-0.05, 0) is 12.8 Å². The van der Waals surface area contributed by atoms with Gasteiger partial charge in [-0.25, -0.2) is 9.97 Å². The van der Waals surface area contributed by atoms with Gasteiger partial charge in [0.2, 0.25) is 0 Å². The summed E-state index contributed by atoms with van der Waals surface area (Å²) in [5.41, 5.74) is 3.73. The van der Waals surface area contributed by atoms with Gasteiger partial charge in [0.05, 0.1) is 12.1 Å². The van der Waals surface area contributed by atoms with E-state index in [1.807, 2.05) is 0 Å². The first-order valence-corrected chi connectivity index (χ1v) is 4.74. The molecule has 14 heavy (non-hydrogen) atoms. The average molecular weight is 194 g/mol. The van der Waals surface area contributed by atoms with Crippen molar-refractivity contribution in [3.63, 3.8) is 0 Å². The van der Waals surface area contributed by atoms with Crippen molar-refractivity contribution in [3.05, 3.63) is 24.3 Å². The highest BCUT2D eigenvalue weighted by Gasteiger charge is 2.26. The molecule has 2 unspecified atom stereocenters. The van der Waals surface area contributed by atoms with Crippen LogP contribution in [0.25, 0.3) is 0 Å². The van der Waals surface area contributed by atoms with Gasteiger partial charge < -0.3 is 4.74 Å². The van der Waals surface area contributed by atoms with Crippen LogP contribution in [0.3, 0.4) is 0 Å².